The molecule has 1 aliphatic heterocycles. The summed E-state index contributed by atoms with van der Waals surface area (Å²) >= 11 is 0. The number of halogens is 4. The maximum atomic E-state index is 13.9. The molecule has 10 nitrogen and oxygen atoms in total. The van der Waals surface area contributed by atoms with Crippen molar-refractivity contribution in [1.82, 2.24) is 5.32 Å². The highest BCUT2D eigenvalue weighted by Gasteiger charge is 2.54. The zero-order chi connectivity index (χ0) is 26.1. The minimum Gasteiger partial charge on any atom is -0.618 e. The third kappa shape index (κ3) is 5.38. The number of ether oxygens (including phenoxy) is 3. The van der Waals surface area contributed by atoms with Gasteiger partial charge in [-0.1, -0.05) is 0 Å². The number of nitrogens with one attached hydrogen (secondary N) is 3. The summed E-state index contributed by atoms with van der Waals surface area (Å²) in [7, 11) is 1.39. The molecule has 2 heterocycles. The summed E-state index contributed by atoms with van der Waals surface area (Å²) < 4.78 is 67.3. The molecule has 0 atom stereocenters. The molecule has 0 saturated carbocycles. The summed E-state index contributed by atoms with van der Waals surface area (Å²) in [5.41, 5.74) is -0.927. The number of carbonyl (C=O) groups is 2. The van der Waals surface area contributed by atoms with E-state index in [0.717, 1.165) is 24.4 Å². The second kappa shape index (κ2) is 9.22. The molecular weight excluding hydrogens is 492 g/mol. The van der Waals surface area contributed by atoms with E-state index in [4.69, 9.17) is 4.74 Å². The molecule has 0 unspecified atom stereocenters. The predicted molar refractivity (Wildman–Crippen MR) is 115 cm³/mol. The fourth-order valence-electron chi connectivity index (χ4n) is 3.14. The Hall–Kier alpha value is -4.59. The van der Waals surface area contributed by atoms with Crippen LogP contribution in [0.25, 0.3) is 0 Å². The molecule has 0 bridgehead atoms. The Morgan fingerprint density at radius 2 is 1.58 bits per heavy atom. The van der Waals surface area contributed by atoms with Gasteiger partial charge in [0.25, 0.3) is 5.69 Å². The number of hydrogen-bond donors (Lipinski definition) is 3. The van der Waals surface area contributed by atoms with Gasteiger partial charge in [-0.15, -0.1) is 8.78 Å². The topological polar surface area (TPSA) is 125 Å². The van der Waals surface area contributed by atoms with Gasteiger partial charge in [-0.25, -0.2) is 9.53 Å². The monoisotopic (exact) mass is 508 g/mol. The van der Waals surface area contributed by atoms with Crippen LogP contribution < -0.4 is 30.2 Å². The summed E-state index contributed by atoms with van der Waals surface area (Å²) in [6.07, 6.45) is -7.76. The summed E-state index contributed by atoms with van der Waals surface area (Å²) in [5.74, 6) is -0.880. The van der Waals surface area contributed by atoms with Crippen molar-refractivity contribution in [1.29, 1.82) is 0 Å². The molecule has 0 saturated heterocycles. The van der Waals surface area contributed by atoms with E-state index in [-0.39, 0.29) is 17.1 Å². The number of aromatic nitrogens is 1. The van der Waals surface area contributed by atoms with Crippen molar-refractivity contribution >= 4 is 23.3 Å². The Balaban J connectivity index is 1.38. The molecule has 1 aromatic heterocycles. The SMILES string of the molecule is CNC(=O)c1ccc(Oc2ccc(NC(=O)Nc3ccc4c(c3)C(F)(F)OC(F)(F)O4)cc2)c[n+]1[O-]. The van der Waals surface area contributed by atoms with Crippen molar-refractivity contribution in [2.45, 2.75) is 12.4 Å². The van der Waals surface area contributed by atoms with Gasteiger partial charge in [-0.3, -0.25) is 4.79 Å². The van der Waals surface area contributed by atoms with E-state index >= 15 is 0 Å². The zero-order valence-corrected chi connectivity index (χ0v) is 18.2. The molecule has 36 heavy (non-hydrogen) atoms. The number of pyridine rings is 1. The van der Waals surface area contributed by atoms with E-state index in [1.54, 1.807) is 0 Å². The molecule has 3 aromatic rings. The van der Waals surface area contributed by atoms with Gasteiger partial charge < -0.3 is 30.6 Å². The lowest BCUT2D eigenvalue weighted by molar-refractivity contribution is -0.608. The van der Waals surface area contributed by atoms with E-state index in [0.29, 0.717) is 16.2 Å². The van der Waals surface area contributed by atoms with Crippen molar-refractivity contribution in [2.24, 2.45) is 0 Å². The molecular formula is C22H16F4N4O6. The number of alkyl halides is 4. The first kappa shape index (κ1) is 24.5. The molecule has 4 rings (SSSR count). The molecule has 0 radical (unpaired) electrons. The van der Waals surface area contributed by atoms with Crippen LogP contribution in [-0.2, 0) is 10.8 Å². The normalized spacial score (nSPS) is 15.1. The second-order valence-electron chi connectivity index (χ2n) is 7.26. The summed E-state index contributed by atoms with van der Waals surface area (Å²) in [6, 6.07) is 10.5. The van der Waals surface area contributed by atoms with Gasteiger partial charge in [-0.2, -0.15) is 13.5 Å². The van der Waals surface area contributed by atoms with Gasteiger partial charge in [0.2, 0.25) is 6.20 Å². The number of anilines is 2. The maximum absolute atomic E-state index is 13.9. The smallest absolute Gasteiger partial charge is 0.540 e. The third-order valence-electron chi connectivity index (χ3n) is 4.72. The minimum atomic E-state index is -4.50. The number of rotatable bonds is 5. The number of fused-ring (bicyclic) bond motifs is 1. The fraction of sp³-hybridized carbons (Fsp3) is 0.136. The molecule has 0 aliphatic carbocycles. The minimum absolute atomic E-state index is 0.115. The summed E-state index contributed by atoms with van der Waals surface area (Å²) in [4.78, 5) is 23.8. The van der Waals surface area contributed by atoms with Crippen LogP contribution in [0.2, 0.25) is 0 Å². The Labute approximate surface area is 200 Å². The number of nitrogens with zero attached hydrogens (tertiary/aromatic N) is 1. The van der Waals surface area contributed by atoms with Crippen molar-refractivity contribution in [3.05, 3.63) is 77.3 Å². The Morgan fingerprint density at radius 1 is 0.944 bits per heavy atom. The zero-order valence-electron chi connectivity index (χ0n) is 18.2. The van der Waals surface area contributed by atoms with Crippen LogP contribution >= 0.6 is 0 Å². The van der Waals surface area contributed by atoms with E-state index in [1.165, 1.54) is 43.4 Å². The molecule has 0 spiro atoms. The number of amides is 3. The van der Waals surface area contributed by atoms with Crippen molar-refractivity contribution in [2.75, 3.05) is 17.7 Å². The Bertz CT molecular complexity index is 1320. The number of hydrogen-bond acceptors (Lipinski definition) is 6. The van der Waals surface area contributed by atoms with Gasteiger partial charge in [0.15, 0.2) is 5.75 Å². The highest BCUT2D eigenvalue weighted by molar-refractivity contribution is 5.99. The van der Waals surface area contributed by atoms with Gasteiger partial charge in [0, 0.05) is 24.5 Å². The maximum Gasteiger partial charge on any atom is 0.540 e. The molecule has 0 fully saturated rings. The first-order valence-corrected chi connectivity index (χ1v) is 10.1. The van der Waals surface area contributed by atoms with Gasteiger partial charge in [-0.05, 0) is 48.5 Å². The average molecular weight is 508 g/mol. The number of benzene rings is 2. The van der Waals surface area contributed by atoms with E-state index in [1.807, 2.05) is 0 Å². The fourth-order valence-corrected chi connectivity index (χ4v) is 3.14. The molecule has 1 aliphatic rings. The van der Waals surface area contributed by atoms with E-state index in [9.17, 15) is 32.4 Å². The average Bonchev–Trinajstić information content (AvgIpc) is 2.79. The molecule has 3 amide bonds. The van der Waals surface area contributed by atoms with Gasteiger partial charge >= 0.3 is 24.3 Å². The van der Waals surface area contributed by atoms with Crippen LogP contribution in [0, 0.1) is 5.21 Å². The third-order valence-corrected chi connectivity index (χ3v) is 4.72. The summed E-state index contributed by atoms with van der Waals surface area (Å²) in [5, 5.41) is 19.0. The van der Waals surface area contributed by atoms with Crippen LogP contribution in [0.1, 0.15) is 16.1 Å². The van der Waals surface area contributed by atoms with Crippen LogP contribution in [0.4, 0.5) is 33.7 Å². The van der Waals surface area contributed by atoms with Crippen LogP contribution in [0.15, 0.2) is 60.8 Å². The lowest BCUT2D eigenvalue weighted by Gasteiger charge is -2.30. The highest BCUT2D eigenvalue weighted by atomic mass is 19.3. The second-order valence-corrected chi connectivity index (χ2v) is 7.26. The number of carbonyl (C=O) groups excluding carboxylic acids is 2. The standard InChI is InChI=1S/C22H16F4N4O6/c1-27-19(31)17-8-7-15(11-30(17)33)34-14-5-2-12(3-6-14)28-20(32)29-13-4-9-18-16(10-13)21(23,24)36-22(25,26)35-18/h2-11H,1H3,(H,27,31)(H2,28,29,32). The first-order valence-electron chi connectivity index (χ1n) is 10.1. The van der Waals surface area contributed by atoms with Gasteiger partial charge in [0.1, 0.15) is 11.5 Å². The lowest BCUT2D eigenvalue weighted by atomic mass is 10.1. The Kier molecular flexibility index (Phi) is 6.28. The summed E-state index contributed by atoms with van der Waals surface area (Å²) in [6.45, 7) is 0. The van der Waals surface area contributed by atoms with Crippen LogP contribution in [0.3, 0.4) is 0 Å². The van der Waals surface area contributed by atoms with Crippen LogP contribution in [-0.4, -0.2) is 25.3 Å². The lowest BCUT2D eigenvalue weighted by Crippen LogP contribution is -2.41. The first-order chi connectivity index (χ1) is 17.0. The van der Waals surface area contributed by atoms with Gasteiger partial charge in [0.05, 0.1) is 5.56 Å². The van der Waals surface area contributed by atoms with Crippen molar-refractivity contribution in [3.63, 3.8) is 0 Å². The number of urea groups is 1. The van der Waals surface area contributed by atoms with Crippen molar-refractivity contribution in [3.8, 4) is 17.2 Å². The largest absolute Gasteiger partial charge is 0.618 e. The van der Waals surface area contributed by atoms with Crippen molar-refractivity contribution < 1.29 is 46.1 Å². The Morgan fingerprint density at radius 3 is 2.25 bits per heavy atom. The highest BCUT2D eigenvalue weighted by Crippen LogP contribution is 2.46. The molecule has 188 valence electrons. The van der Waals surface area contributed by atoms with E-state index in [2.05, 4.69) is 25.4 Å². The molecule has 14 heteroatoms. The molecule has 3 N–H and O–H groups in total. The van der Waals surface area contributed by atoms with E-state index < -0.39 is 35.7 Å². The van der Waals surface area contributed by atoms with Crippen LogP contribution in [0.5, 0.6) is 17.2 Å². The predicted octanol–water partition coefficient (Wildman–Crippen LogP) is 4.12. The molecule has 2 aromatic carbocycles. The quantitative estimate of drug-likeness (QED) is 0.271.